The molecule has 0 fully saturated rings. The highest BCUT2D eigenvalue weighted by Crippen LogP contribution is 2.19. The topological polar surface area (TPSA) is 130 Å². The lowest BCUT2D eigenvalue weighted by Gasteiger charge is -2.09. The molecular weight excluding hydrogens is 316 g/mol. The standard InChI is InChI=1S/C12H18N2O5S2/c13-10-8-9(12(16)17)2-3-11(10)21(18,19)14-4-7-20-6-1-5-15/h2-3,8,14-15H,1,4-7,13H2,(H,16,17). The van der Waals surface area contributed by atoms with E-state index in [2.05, 4.69) is 4.72 Å². The van der Waals surface area contributed by atoms with Crippen LogP contribution in [0.3, 0.4) is 0 Å². The van der Waals surface area contributed by atoms with Gasteiger partial charge in [0.25, 0.3) is 0 Å². The highest BCUT2D eigenvalue weighted by molar-refractivity contribution is 7.99. The number of carboxylic acid groups (broad SMARTS) is 1. The van der Waals surface area contributed by atoms with Gasteiger partial charge in [-0.3, -0.25) is 0 Å². The quantitative estimate of drug-likeness (QED) is 0.379. The number of hydrogen-bond donors (Lipinski definition) is 4. The molecule has 1 aromatic rings. The molecule has 0 heterocycles. The first-order valence-electron chi connectivity index (χ1n) is 6.19. The number of nitrogens with one attached hydrogen (secondary N) is 1. The SMILES string of the molecule is Nc1cc(C(=O)O)ccc1S(=O)(=O)NCCSCCCO. The van der Waals surface area contributed by atoms with Gasteiger partial charge in [-0.05, 0) is 30.4 Å². The summed E-state index contributed by atoms with van der Waals surface area (Å²) < 4.78 is 26.5. The molecule has 118 valence electrons. The second-order valence-electron chi connectivity index (χ2n) is 4.15. The maximum Gasteiger partial charge on any atom is 0.335 e. The van der Waals surface area contributed by atoms with Gasteiger partial charge in [-0.25, -0.2) is 17.9 Å². The minimum atomic E-state index is -3.76. The highest BCUT2D eigenvalue weighted by atomic mass is 32.2. The van der Waals surface area contributed by atoms with E-state index in [4.69, 9.17) is 15.9 Å². The molecule has 0 aliphatic rings. The van der Waals surface area contributed by atoms with Crippen LogP contribution in [0.4, 0.5) is 5.69 Å². The number of rotatable bonds is 9. The summed E-state index contributed by atoms with van der Waals surface area (Å²) in [6, 6.07) is 3.50. The first-order chi connectivity index (χ1) is 9.88. The van der Waals surface area contributed by atoms with Crippen LogP contribution in [0.15, 0.2) is 23.1 Å². The van der Waals surface area contributed by atoms with E-state index < -0.39 is 16.0 Å². The van der Waals surface area contributed by atoms with Crippen LogP contribution in [0, 0.1) is 0 Å². The van der Waals surface area contributed by atoms with Gasteiger partial charge in [-0.15, -0.1) is 0 Å². The number of carbonyl (C=O) groups is 1. The monoisotopic (exact) mass is 334 g/mol. The number of aliphatic hydroxyl groups excluding tert-OH is 1. The fraction of sp³-hybridized carbons (Fsp3) is 0.417. The number of nitrogens with two attached hydrogens (primary N) is 1. The Hall–Kier alpha value is -1.29. The van der Waals surface area contributed by atoms with Gasteiger partial charge in [-0.1, -0.05) is 0 Å². The highest BCUT2D eigenvalue weighted by Gasteiger charge is 2.18. The first kappa shape index (κ1) is 17.8. The van der Waals surface area contributed by atoms with Gasteiger partial charge in [0, 0.05) is 18.9 Å². The molecule has 21 heavy (non-hydrogen) atoms. The fourth-order valence-electron chi connectivity index (χ4n) is 1.52. The smallest absolute Gasteiger partial charge is 0.335 e. The number of sulfonamides is 1. The molecule has 0 aromatic heterocycles. The minimum absolute atomic E-state index is 0.0639. The molecule has 0 saturated carbocycles. The van der Waals surface area contributed by atoms with Crippen molar-refractivity contribution in [2.75, 3.05) is 30.4 Å². The van der Waals surface area contributed by atoms with E-state index in [0.29, 0.717) is 12.2 Å². The Balaban J connectivity index is 2.64. The van der Waals surface area contributed by atoms with Gasteiger partial charge in [0.15, 0.2) is 0 Å². The van der Waals surface area contributed by atoms with E-state index in [0.717, 1.165) is 11.8 Å². The number of nitrogen functional groups attached to an aromatic ring is 1. The molecule has 0 aliphatic carbocycles. The summed E-state index contributed by atoms with van der Waals surface area (Å²) in [5.41, 5.74) is 5.43. The second-order valence-corrected chi connectivity index (χ2v) is 7.11. The Morgan fingerprint density at radius 3 is 2.62 bits per heavy atom. The van der Waals surface area contributed by atoms with Gasteiger partial charge >= 0.3 is 5.97 Å². The zero-order valence-electron chi connectivity index (χ0n) is 11.3. The number of hydrogen-bond acceptors (Lipinski definition) is 6. The van der Waals surface area contributed by atoms with E-state index in [1.54, 1.807) is 0 Å². The van der Waals surface area contributed by atoms with Gasteiger partial charge < -0.3 is 15.9 Å². The van der Waals surface area contributed by atoms with Gasteiger partial charge in [0.05, 0.1) is 11.3 Å². The third-order valence-corrected chi connectivity index (χ3v) is 5.14. The molecular formula is C12H18N2O5S2. The van der Waals surface area contributed by atoms with Crippen LogP contribution in [0.2, 0.25) is 0 Å². The van der Waals surface area contributed by atoms with Crippen molar-refractivity contribution in [2.45, 2.75) is 11.3 Å². The van der Waals surface area contributed by atoms with Crippen molar-refractivity contribution in [2.24, 2.45) is 0 Å². The second kappa shape index (κ2) is 8.23. The van der Waals surface area contributed by atoms with Crippen LogP contribution >= 0.6 is 11.8 Å². The van der Waals surface area contributed by atoms with E-state index in [1.165, 1.54) is 23.9 Å². The summed E-state index contributed by atoms with van der Waals surface area (Å²) in [6.45, 7) is 0.351. The maximum atomic E-state index is 12.0. The Morgan fingerprint density at radius 2 is 2.05 bits per heavy atom. The first-order valence-corrected chi connectivity index (χ1v) is 8.83. The Morgan fingerprint density at radius 1 is 1.33 bits per heavy atom. The third-order valence-electron chi connectivity index (χ3n) is 2.53. The zero-order valence-corrected chi connectivity index (χ0v) is 12.9. The number of aromatic carboxylic acids is 1. The summed E-state index contributed by atoms with van der Waals surface area (Å²) in [4.78, 5) is 10.6. The molecule has 1 rings (SSSR count). The average molecular weight is 334 g/mol. The summed E-state index contributed by atoms with van der Waals surface area (Å²) in [5.74, 6) is 0.166. The lowest BCUT2D eigenvalue weighted by Crippen LogP contribution is -2.27. The van der Waals surface area contributed by atoms with Gasteiger partial charge in [-0.2, -0.15) is 11.8 Å². The zero-order chi connectivity index (χ0) is 15.9. The molecule has 9 heteroatoms. The van der Waals surface area contributed by atoms with Crippen molar-refractivity contribution in [3.63, 3.8) is 0 Å². The molecule has 0 spiro atoms. The van der Waals surface area contributed by atoms with Crippen LogP contribution in [0.25, 0.3) is 0 Å². The van der Waals surface area contributed by atoms with E-state index in [9.17, 15) is 13.2 Å². The summed E-state index contributed by atoms with van der Waals surface area (Å²) >= 11 is 1.53. The van der Waals surface area contributed by atoms with E-state index >= 15 is 0 Å². The molecule has 0 unspecified atom stereocenters. The molecule has 0 saturated heterocycles. The van der Waals surface area contributed by atoms with Gasteiger partial charge in [0.1, 0.15) is 4.90 Å². The maximum absolute atomic E-state index is 12.0. The number of benzene rings is 1. The average Bonchev–Trinajstić information content (AvgIpc) is 2.42. The summed E-state index contributed by atoms with van der Waals surface area (Å²) in [5, 5.41) is 17.4. The number of thioether (sulfide) groups is 1. The van der Waals surface area contributed by atoms with Crippen molar-refractivity contribution < 1.29 is 23.4 Å². The fourth-order valence-corrected chi connectivity index (χ4v) is 3.58. The Bertz CT molecular complexity index is 589. The van der Waals surface area contributed by atoms with Crippen LogP contribution in [-0.4, -0.2) is 49.3 Å². The van der Waals surface area contributed by atoms with E-state index in [1.807, 2.05) is 0 Å². The minimum Gasteiger partial charge on any atom is -0.478 e. The van der Waals surface area contributed by atoms with Crippen molar-refractivity contribution in [1.29, 1.82) is 0 Å². The molecule has 0 atom stereocenters. The predicted octanol–water partition coefficient (Wildman–Crippen LogP) is 0.361. The molecule has 0 radical (unpaired) electrons. The molecule has 0 aliphatic heterocycles. The number of aliphatic hydroxyl groups is 1. The lowest BCUT2D eigenvalue weighted by molar-refractivity contribution is 0.0697. The van der Waals surface area contributed by atoms with Crippen LogP contribution in [0.5, 0.6) is 0 Å². The van der Waals surface area contributed by atoms with Crippen molar-refractivity contribution in [3.05, 3.63) is 23.8 Å². The molecule has 5 N–H and O–H groups in total. The van der Waals surface area contributed by atoms with Gasteiger partial charge in [0.2, 0.25) is 10.0 Å². The van der Waals surface area contributed by atoms with Crippen molar-refractivity contribution >= 4 is 33.4 Å². The molecule has 0 amide bonds. The molecule has 1 aromatic carbocycles. The number of carboxylic acids is 1. The molecule has 7 nitrogen and oxygen atoms in total. The largest absolute Gasteiger partial charge is 0.478 e. The van der Waals surface area contributed by atoms with Crippen LogP contribution in [0.1, 0.15) is 16.8 Å². The van der Waals surface area contributed by atoms with E-state index in [-0.39, 0.29) is 29.3 Å². The summed E-state index contributed by atoms with van der Waals surface area (Å²) in [7, 11) is -3.76. The lowest BCUT2D eigenvalue weighted by atomic mass is 10.2. The Labute approximate surface area is 127 Å². The van der Waals surface area contributed by atoms with Crippen LogP contribution in [-0.2, 0) is 10.0 Å². The molecule has 0 bridgehead atoms. The number of anilines is 1. The van der Waals surface area contributed by atoms with Crippen molar-refractivity contribution in [1.82, 2.24) is 4.72 Å². The normalized spacial score (nSPS) is 11.5. The van der Waals surface area contributed by atoms with Crippen molar-refractivity contribution in [3.8, 4) is 0 Å². The Kier molecular flexibility index (Phi) is 6.96. The summed E-state index contributed by atoms with van der Waals surface area (Å²) in [6.07, 6.45) is 0.668. The predicted molar refractivity (Wildman–Crippen MR) is 82.0 cm³/mol. The third kappa shape index (κ3) is 5.54. The van der Waals surface area contributed by atoms with Crippen LogP contribution < -0.4 is 10.5 Å².